The van der Waals surface area contributed by atoms with E-state index in [0.29, 0.717) is 0 Å². The molecule has 0 bridgehead atoms. The van der Waals surface area contributed by atoms with Crippen LogP contribution in [-0.2, 0) is 0 Å². The first-order chi connectivity index (χ1) is 13.5. The lowest BCUT2D eigenvalue weighted by Gasteiger charge is -2.34. The number of hydrogen-bond acceptors (Lipinski definition) is 6. The third-order valence-electron chi connectivity index (χ3n) is 5.10. The molecular formula is C20H18Cl2N4S2. The maximum atomic E-state index is 6.20. The SMILES string of the molecule is Cc1cc(Cl)cc2sc(N3CCN(c4nc5c(C)cc(Cl)cc5s4)CC3)nc12. The second-order valence-electron chi connectivity index (χ2n) is 7.11. The minimum Gasteiger partial charge on any atom is -0.345 e. The van der Waals surface area contributed by atoms with Gasteiger partial charge in [-0.2, -0.15) is 0 Å². The van der Waals surface area contributed by atoms with Crippen molar-refractivity contribution in [1.29, 1.82) is 0 Å². The standard InChI is InChI=1S/C20H18Cl2N4S2/c1-11-7-13(21)9-15-17(11)23-19(27-15)25-3-5-26(6-4-25)20-24-18-12(2)8-14(22)10-16(18)28-20/h7-10H,3-6H2,1-2H3. The van der Waals surface area contributed by atoms with Crippen molar-refractivity contribution in [3.63, 3.8) is 0 Å². The smallest absolute Gasteiger partial charge is 0.186 e. The Kier molecular flexibility index (Phi) is 4.62. The van der Waals surface area contributed by atoms with E-state index >= 15 is 0 Å². The molecule has 0 spiro atoms. The van der Waals surface area contributed by atoms with Gasteiger partial charge >= 0.3 is 0 Å². The van der Waals surface area contributed by atoms with Crippen LogP contribution in [0.25, 0.3) is 20.4 Å². The van der Waals surface area contributed by atoms with Crippen LogP contribution in [0.4, 0.5) is 10.3 Å². The summed E-state index contributed by atoms with van der Waals surface area (Å²) in [5, 5.41) is 3.70. The molecule has 3 heterocycles. The zero-order chi connectivity index (χ0) is 19.4. The number of benzene rings is 2. The van der Waals surface area contributed by atoms with Gasteiger partial charge in [0, 0.05) is 36.2 Å². The second kappa shape index (κ2) is 7.02. The van der Waals surface area contributed by atoms with Gasteiger partial charge in [0.15, 0.2) is 10.3 Å². The molecule has 5 rings (SSSR count). The van der Waals surface area contributed by atoms with Crippen molar-refractivity contribution in [3.8, 4) is 0 Å². The van der Waals surface area contributed by atoms with Crippen LogP contribution in [0, 0.1) is 13.8 Å². The first-order valence-electron chi connectivity index (χ1n) is 9.11. The zero-order valence-corrected chi connectivity index (χ0v) is 18.6. The predicted molar refractivity (Wildman–Crippen MR) is 123 cm³/mol. The van der Waals surface area contributed by atoms with Crippen molar-refractivity contribution in [2.24, 2.45) is 0 Å². The molecule has 4 aromatic rings. The Morgan fingerprint density at radius 1 is 0.714 bits per heavy atom. The third-order valence-corrected chi connectivity index (χ3v) is 7.66. The van der Waals surface area contributed by atoms with Gasteiger partial charge in [0.2, 0.25) is 0 Å². The van der Waals surface area contributed by atoms with Gasteiger partial charge in [0.25, 0.3) is 0 Å². The van der Waals surface area contributed by atoms with Crippen molar-refractivity contribution < 1.29 is 0 Å². The number of thiazole rings is 2. The summed E-state index contributed by atoms with van der Waals surface area (Å²) in [5.74, 6) is 0. The van der Waals surface area contributed by atoms with Gasteiger partial charge in [-0.05, 0) is 49.2 Å². The Morgan fingerprint density at radius 2 is 1.11 bits per heavy atom. The number of rotatable bonds is 2. The minimum absolute atomic E-state index is 0.774. The summed E-state index contributed by atoms with van der Waals surface area (Å²) in [6, 6.07) is 7.98. The molecule has 4 nitrogen and oxygen atoms in total. The van der Waals surface area contributed by atoms with Gasteiger partial charge in [0.05, 0.1) is 20.4 Å². The Balaban J connectivity index is 1.36. The molecule has 1 aliphatic heterocycles. The monoisotopic (exact) mass is 448 g/mol. The quantitative estimate of drug-likeness (QED) is 0.367. The van der Waals surface area contributed by atoms with E-state index < -0.39 is 0 Å². The number of anilines is 2. The van der Waals surface area contributed by atoms with Crippen molar-refractivity contribution in [2.75, 3.05) is 36.0 Å². The molecule has 144 valence electrons. The molecule has 1 aliphatic rings. The number of aryl methyl sites for hydroxylation is 2. The number of halogens is 2. The largest absolute Gasteiger partial charge is 0.345 e. The van der Waals surface area contributed by atoms with Gasteiger partial charge in [-0.1, -0.05) is 45.9 Å². The van der Waals surface area contributed by atoms with Crippen LogP contribution in [0.15, 0.2) is 24.3 Å². The summed E-state index contributed by atoms with van der Waals surface area (Å²) >= 11 is 15.9. The lowest BCUT2D eigenvalue weighted by atomic mass is 10.2. The highest BCUT2D eigenvalue weighted by molar-refractivity contribution is 7.22. The average Bonchev–Trinajstić information content (AvgIpc) is 3.26. The Morgan fingerprint density at radius 3 is 1.50 bits per heavy atom. The van der Waals surface area contributed by atoms with Gasteiger partial charge < -0.3 is 9.80 Å². The molecule has 1 fully saturated rings. The molecule has 2 aromatic heterocycles. The molecule has 1 saturated heterocycles. The number of nitrogens with zero attached hydrogens (tertiary/aromatic N) is 4. The lowest BCUT2D eigenvalue weighted by Crippen LogP contribution is -2.46. The number of hydrogen-bond donors (Lipinski definition) is 0. The van der Waals surface area contributed by atoms with Crippen molar-refractivity contribution in [3.05, 3.63) is 45.4 Å². The van der Waals surface area contributed by atoms with Crippen LogP contribution in [-0.4, -0.2) is 36.1 Å². The Bertz CT molecular complexity index is 1100. The topological polar surface area (TPSA) is 32.3 Å². The summed E-state index contributed by atoms with van der Waals surface area (Å²) in [7, 11) is 0. The van der Waals surface area contributed by atoms with Gasteiger partial charge in [-0.15, -0.1) is 0 Å². The lowest BCUT2D eigenvalue weighted by molar-refractivity contribution is 0.651. The summed E-state index contributed by atoms with van der Waals surface area (Å²) < 4.78 is 2.31. The van der Waals surface area contributed by atoms with Gasteiger partial charge in [-0.3, -0.25) is 0 Å². The van der Waals surface area contributed by atoms with Crippen LogP contribution >= 0.6 is 45.9 Å². The summed E-state index contributed by atoms with van der Waals surface area (Å²) in [6.45, 7) is 7.86. The number of aromatic nitrogens is 2. The molecule has 0 saturated carbocycles. The van der Waals surface area contributed by atoms with Crippen LogP contribution in [0.2, 0.25) is 10.0 Å². The first-order valence-corrected chi connectivity index (χ1v) is 11.5. The van der Waals surface area contributed by atoms with E-state index in [-0.39, 0.29) is 0 Å². The van der Waals surface area contributed by atoms with E-state index in [2.05, 4.69) is 23.6 Å². The van der Waals surface area contributed by atoms with E-state index in [1.54, 1.807) is 22.7 Å². The van der Waals surface area contributed by atoms with Crippen molar-refractivity contribution >= 4 is 76.6 Å². The molecule has 28 heavy (non-hydrogen) atoms. The predicted octanol–water partition coefficient (Wildman–Crippen LogP) is 6.16. The van der Waals surface area contributed by atoms with Crippen LogP contribution in [0.5, 0.6) is 0 Å². The number of piperazine rings is 1. The van der Waals surface area contributed by atoms with Crippen LogP contribution in [0.3, 0.4) is 0 Å². The summed E-state index contributed by atoms with van der Waals surface area (Å²) in [4.78, 5) is 14.5. The number of fused-ring (bicyclic) bond motifs is 2. The maximum absolute atomic E-state index is 6.20. The molecule has 8 heteroatoms. The average molecular weight is 449 g/mol. The first kappa shape index (κ1) is 18.4. The highest BCUT2D eigenvalue weighted by atomic mass is 35.5. The zero-order valence-electron chi connectivity index (χ0n) is 15.5. The molecule has 0 radical (unpaired) electrons. The minimum atomic E-state index is 0.774. The molecule has 2 aromatic carbocycles. The fourth-order valence-corrected chi connectivity index (χ4v) is 6.59. The van der Waals surface area contributed by atoms with Gasteiger partial charge in [-0.25, -0.2) is 9.97 Å². The fourth-order valence-electron chi connectivity index (χ4n) is 3.64. The van der Waals surface area contributed by atoms with Crippen LogP contribution in [0.1, 0.15) is 11.1 Å². The molecule has 0 unspecified atom stereocenters. The second-order valence-corrected chi connectivity index (χ2v) is 10.00. The Labute approximate surface area is 181 Å². The van der Waals surface area contributed by atoms with Crippen molar-refractivity contribution in [1.82, 2.24) is 9.97 Å². The maximum Gasteiger partial charge on any atom is 0.186 e. The molecular weight excluding hydrogens is 431 g/mol. The van der Waals surface area contributed by atoms with Gasteiger partial charge in [0.1, 0.15) is 0 Å². The van der Waals surface area contributed by atoms with Crippen molar-refractivity contribution in [2.45, 2.75) is 13.8 Å². The molecule has 0 amide bonds. The van der Waals surface area contributed by atoms with E-state index in [0.717, 1.165) is 78.0 Å². The van der Waals surface area contributed by atoms with E-state index in [9.17, 15) is 0 Å². The summed E-state index contributed by atoms with van der Waals surface area (Å²) in [6.07, 6.45) is 0. The van der Waals surface area contributed by atoms with E-state index in [1.807, 2.05) is 24.3 Å². The van der Waals surface area contributed by atoms with E-state index in [1.165, 1.54) is 0 Å². The fraction of sp³-hybridized carbons (Fsp3) is 0.300. The highest BCUT2D eigenvalue weighted by Crippen LogP contribution is 2.36. The third kappa shape index (κ3) is 3.22. The normalized spacial score (nSPS) is 15.1. The molecule has 0 N–H and O–H groups in total. The van der Waals surface area contributed by atoms with E-state index in [4.69, 9.17) is 33.2 Å². The molecule has 0 aliphatic carbocycles. The summed E-state index contributed by atoms with van der Waals surface area (Å²) in [5.41, 5.74) is 4.38. The Hall–Kier alpha value is -1.60. The highest BCUT2D eigenvalue weighted by Gasteiger charge is 2.23. The van der Waals surface area contributed by atoms with Crippen LogP contribution < -0.4 is 9.80 Å². The molecule has 0 atom stereocenters.